The van der Waals surface area contributed by atoms with Crippen LogP contribution >= 0.6 is 15.9 Å². The smallest absolute Gasteiger partial charge is 0.137 e. The summed E-state index contributed by atoms with van der Waals surface area (Å²) in [4.78, 5) is 0. The summed E-state index contributed by atoms with van der Waals surface area (Å²) in [6, 6.07) is 5.10. The van der Waals surface area contributed by atoms with Crippen LogP contribution in [0.5, 0.6) is 0 Å². The van der Waals surface area contributed by atoms with Gasteiger partial charge in [0.05, 0.1) is 4.47 Å². The summed E-state index contributed by atoms with van der Waals surface area (Å²) in [7, 11) is 0. The molecule has 13 heavy (non-hydrogen) atoms. The van der Waals surface area contributed by atoms with Crippen molar-refractivity contribution in [1.82, 2.24) is 0 Å². The fourth-order valence-corrected chi connectivity index (χ4v) is 1.63. The third kappa shape index (κ3) is 2.78. The van der Waals surface area contributed by atoms with E-state index in [0.717, 1.165) is 12.0 Å². The Hall–Kier alpha value is -0.410. The molecule has 0 spiro atoms. The lowest BCUT2D eigenvalue weighted by Gasteiger charge is -2.10. The zero-order chi connectivity index (χ0) is 9.84. The summed E-state index contributed by atoms with van der Waals surface area (Å²) >= 11 is 3.16. The molecule has 1 aromatic carbocycles. The average Bonchev–Trinajstić information content (AvgIpc) is 2.10. The second-order valence-electron chi connectivity index (χ2n) is 3.15. The minimum absolute atomic E-state index is 0.219. The lowest BCUT2D eigenvalue weighted by atomic mass is 9.98. The molecule has 0 aliphatic carbocycles. The van der Waals surface area contributed by atoms with E-state index < -0.39 is 0 Å². The molecule has 0 radical (unpaired) electrons. The molecule has 0 heterocycles. The minimum atomic E-state index is -0.219. The summed E-state index contributed by atoms with van der Waals surface area (Å²) in [5, 5.41) is 0. The van der Waals surface area contributed by atoms with Gasteiger partial charge in [-0.15, -0.1) is 0 Å². The van der Waals surface area contributed by atoms with Crippen molar-refractivity contribution in [2.24, 2.45) is 5.73 Å². The SMILES string of the molecule is CC(CCN)c1ccc(F)c(Br)c1. The Morgan fingerprint density at radius 3 is 2.77 bits per heavy atom. The molecular weight excluding hydrogens is 233 g/mol. The first-order valence-electron chi connectivity index (χ1n) is 4.30. The Labute approximate surface area is 86.3 Å². The van der Waals surface area contributed by atoms with Gasteiger partial charge in [-0.1, -0.05) is 13.0 Å². The van der Waals surface area contributed by atoms with Crippen molar-refractivity contribution in [2.45, 2.75) is 19.3 Å². The maximum Gasteiger partial charge on any atom is 0.137 e. The Balaban J connectivity index is 2.84. The van der Waals surface area contributed by atoms with Gasteiger partial charge in [0.25, 0.3) is 0 Å². The van der Waals surface area contributed by atoms with Gasteiger partial charge in [-0.2, -0.15) is 0 Å². The first-order valence-corrected chi connectivity index (χ1v) is 5.09. The predicted octanol–water partition coefficient (Wildman–Crippen LogP) is 3.04. The molecule has 3 heteroatoms. The number of benzene rings is 1. The van der Waals surface area contributed by atoms with Gasteiger partial charge in [0.15, 0.2) is 0 Å². The molecular formula is C10H13BrFN. The van der Waals surface area contributed by atoms with Gasteiger partial charge < -0.3 is 5.73 Å². The van der Waals surface area contributed by atoms with E-state index in [0.29, 0.717) is 16.9 Å². The van der Waals surface area contributed by atoms with Crippen LogP contribution in [0.2, 0.25) is 0 Å². The summed E-state index contributed by atoms with van der Waals surface area (Å²) in [5.41, 5.74) is 6.57. The van der Waals surface area contributed by atoms with E-state index in [2.05, 4.69) is 22.9 Å². The highest BCUT2D eigenvalue weighted by Gasteiger charge is 2.06. The minimum Gasteiger partial charge on any atom is -0.330 e. The maximum atomic E-state index is 12.9. The van der Waals surface area contributed by atoms with E-state index in [9.17, 15) is 4.39 Å². The average molecular weight is 246 g/mol. The molecule has 0 saturated carbocycles. The second kappa shape index (κ2) is 4.72. The topological polar surface area (TPSA) is 26.0 Å². The van der Waals surface area contributed by atoms with E-state index in [1.165, 1.54) is 6.07 Å². The molecule has 0 aliphatic heterocycles. The Bertz CT molecular complexity index is 288. The molecule has 0 fully saturated rings. The largest absolute Gasteiger partial charge is 0.330 e. The van der Waals surface area contributed by atoms with E-state index in [-0.39, 0.29) is 5.82 Å². The third-order valence-electron chi connectivity index (χ3n) is 2.11. The van der Waals surface area contributed by atoms with Crippen LogP contribution in [0, 0.1) is 5.82 Å². The van der Waals surface area contributed by atoms with Crippen molar-refractivity contribution >= 4 is 15.9 Å². The van der Waals surface area contributed by atoms with Crippen molar-refractivity contribution in [1.29, 1.82) is 0 Å². The van der Waals surface area contributed by atoms with Crippen LogP contribution in [-0.4, -0.2) is 6.54 Å². The molecule has 0 amide bonds. The van der Waals surface area contributed by atoms with Crippen LogP contribution in [0.1, 0.15) is 24.8 Å². The molecule has 0 aromatic heterocycles. The Morgan fingerprint density at radius 1 is 1.54 bits per heavy atom. The van der Waals surface area contributed by atoms with Gasteiger partial charge in [0.1, 0.15) is 5.82 Å². The predicted molar refractivity (Wildman–Crippen MR) is 56.2 cm³/mol. The van der Waals surface area contributed by atoms with Crippen molar-refractivity contribution in [3.63, 3.8) is 0 Å². The molecule has 0 aliphatic rings. The van der Waals surface area contributed by atoms with E-state index in [1.54, 1.807) is 6.07 Å². The highest BCUT2D eigenvalue weighted by atomic mass is 79.9. The van der Waals surface area contributed by atoms with Gasteiger partial charge in [0.2, 0.25) is 0 Å². The fourth-order valence-electron chi connectivity index (χ4n) is 1.24. The van der Waals surface area contributed by atoms with Crippen LogP contribution in [0.25, 0.3) is 0 Å². The normalized spacial score (nSPS) is 12.9. The first kappa shape index (κ1) is 10.7. The lowest BCUT2D eigenvalue weighted by molar-refractivity contribution is 0.616. The van der Waals surface area contributed by atoms with Gasteiger partial charge in [-0.3, -0.25) is 0 Å². The highest BCUT2D eigenvalue weighted by Crippen LogP contribution is 2.23. The van der Waals surface area contributed by atoms with Crippen molar-refractivity contribution < 1.29 is 4.39 Å². The van der Waals surface area contributed by atoms with Crippen LogP contribution in [-0.2, 0) is 0 Å². The quantitative estimate of drug-likeness (QED) is 0.871. The van der Waals surface area contributed by atoms with Gasteiger partial charge in [0, 0.05) is 0 Å². The number of rotatable bonds is 3. The molecule has 1 rings (SSSR count). The van der Waals surface area contributed by atoms with Gasteiger partial charge in [-0.25, -0.2) is 4.39 Å². The molecule has 1 unspecified atom stereocenters. The van der Waals surface area contributed by atoms with E-state index >= 15 is 0 Å². The maximum absolute atomic E-state index is 12.9. The lowest BCUT2D eigenvalue weighted by Crippen LogP contribution is -2.04. The first-order chi connectivity index (χ1) is 6.15. The number of hydrogen-bond donors (Lipinski definition) is 1. The van der Waals surface area contributed by atoms with Crippen molar-refractivity contribution in [3.8, 4) is 0 Å². The zero-order valence-corrected chi connectivity index (χ0v) is 9.14. The van der Waals surface area contributed by atoms with Crippen LogP contribution in [0.3, 0.4) is 0 Å². The monoisotopic (exact) mass is 245 g/mol. The molecule has 1 nitrogen and oxygen atoms in total. The van der Waals surface area contributed by atoms with E-state index in [1.807, 2.05) is 6.07 Å². The summed E-state index contributed by atoms with van der Waals surface area (Å²) in [6.07, 6.45) is 0.929. The standard InChI is InChI=1S/C10H13BrFN/c1-7(4-5-13)8-2-3-10(12)9(11)6-8/h2-3,6-7H,4-5,13H2,1H3. The third-order valence-corrected chi connectivity index (χ3v) is 2.72. The van der Waals surface area contributed by atoms with Gasteiger partial charge in [-0.05, 0) is 52.5 Å². The Morgan fingerprint density at radius 2 is 2.23 bits per heavy atom. The zero-order valence-electron chi connectivity index (χ0n) is 7.56. The summed E-state index contributed by atoms with van der Waals surface area (Å²) < 4.78 is 13.4. The number of halogens is 2. The fraction of sp³-hybridized carbons (Fsp3) is 0.400. The molecule has 1 aromatic rings. The van der Waals surface area contributed by atoms with Crippen LogP contribution in [0.4, 0.5) is 4.39 Å². The summed E-state index contributed by atoms with van der Waals surface area (Å²) in [6.45, 7) is 2.75. The molecule has 2 N–H and O–H groups in total. The summed E-state index contributed by atoms with van der Waals surface area (Å²) in [5.74, 6) is 0.172. The van der Waals surface area contributed by atoms with Crippen LogP contribution in [0.15, 0.2) is 22.7 Å². The van der Waals surface area contributed by atoms with Crippen LogP contribution < -0.4 is 5.73 Å². The Kier molecular flexibility index (Phi) is 3.88. The van der Waals surface area contributed by atoms with E-state index in [4.69, 9.17) is 5.73 Å². The highest BCUT2D eigenvalue weighted by molar-refractivity contribution is 9.10. The molecule has 0 bridgehead atoms. The number of nitrogens with two attached hydrogens (primary N) is 1. The molecule has 0 saturated heterocycles. The molecule has 72 valence electrons. The van der Waals surface area contributed by atoms with Crippen molar-refractivity contribution in [2.75, 3.05) is 6.54 Å². The van der Waals surface area contributed by atoms with Gasteiger partial charge >= 0.3 is 0 Å². The molecule has 1 atom stereocenters. The second-order valence-corrected chi connectivity index (χ2v) is 4.01. The number of hydrogen-bond acceptors (Lipinski definition) is 1. The van der Waals surface area contributed by atoms with Crippen molar-refractivity contribution in [3.05, 3.63) is 34.1 Å².